The van der Waals surface area contributed by atoms with Crippen molar-refractivity contribution in [2.45, 2.75) is 38.7 Å². The number of piperidine rings is 1. The Morgan fingerprint density at radius 1 is 1.16 bits per heavy atom. The Labute approximate surface area is 189 Å². The van der Waals surface area contributed by atoms with Crippen LogP contribution in [0.1, 0.15) is 43.0 Å². The van der Waals surface area contributed by atoms with E-state index in [1.54, 1.807) is 12.1 Å². The van der Waals surface area contributed by atoms with Crippen molar-refractivity contribution in [3.63, 3.8) is 0 Å². The van der Waals surface area contributed by atoms with Gasteiger partial charge in [-0.2, -0.15) is 0 Å². The third-order valence-electron chi connectivity index (χ3n) is 5.86. The van der Waals surface area contributed by atoms with Crippen LogP contribution >= 0.6 is 11.6 Å². The molecule has 0 bridgehead atoms. The molecule has 0 amide bonds. The SMILES string of the molecule is CCN(CCCC(=O)c1ccc(F)cc1)CCN1CCC(Oc2cccc(Cl)c2)CC1. The van der Waals surface area contributed by atoms with Gasteiger partial charge < -0.3 is 14.5 Å². The quantitative estimate of drug-likeness (QED) is 0.438. The molecule has 6 heteroatoms. The number of carbonyl (C=O) groups is 1. The Balaban J connectivity index is 1.32. The number of likely N-dealkylation sites (tertiary alicyclic amines) is 1. The fourth-order valence-corrected chi connectivity index (χ4v) is 4.12. The van der Waals surface area contributed by atoms with Gasteiger partial charge in [0.25, 0.3) is 0 Å². The van der Waals surface area contributed by atoms with Crippen LogP contribution in [0, 0.1) is 5.82 Å². The molecule has 0 saturated carbocycles. The maximum Gasteiger partial charge on any atom is 0.162 e. The summed E-state index contributed by atoms with van der Waals surface area (Å²) in [7, 11) is 0. The van der Waals surface area contributed by atoms with Crippen molar-refractivity contribution in [1.82, 2.24) is 9.80 Å². The number of Topliss-reactive ketones (excluding diaryl/α,β-unsaturated/α-hetero) is 1. The fourth-order valence-electron chi connectivity index (χ4n) is 3.94. The molecule has 1 aliphatic heterocycles. The number of hydrogen-bond donors (Lipinski definition) is 0. The zero-order valence-corrected chi connectivity index (χ0v) is 19.0. The maximum atomic E-state index is 13.0. The molecule has 0 unspecified atom stereocenters. The lowest BCUT2D eigenvalue weighted by Gasteiger charge is -2.33. The van der Waals surface area contributed by atoms with Gasteiger partial charge in [-0.15, -0.1) is 0 Å². The number of ether oxygens (including phenoxy) is 1. The number of rotatable bonds is 11. The van der Waals surface area contributed by atoms with Crippen molar-refractivity contribution in [2.24, 2.45) is 0 Å². The largest absolute Gasteiger partial charge is 0.490 e. The van der Waals surface area contributed by atoms with E-state index in [0.29, 0.717) is 17.0 Å². The standard InChI is InChI=1S/C25H32ClFN2O2/c1-2-28(14-4-7-25(30)20-8-10-22(27)11-9-20)17-18-29-15-12-23(13-16-29)31-24-6-3-5-21(26)19-24/h3,5-6,8-11,19,23H,2,4,7,12-18H2,1H3. The monoisotopic (exact) mass is 446 g/mol. The second-order valence-corrected chi connectivity index (χ2v) is 8.52. The third-order valence-corrected chi connectivity index (χ3v) is 6.09. The molecule has 2 aromatic rings. The minimum atomic E-state index is -0.311. The van der Waals surface area contributed by atoms with Crippen LogP contribution in [0.15, 0.2) is 48.5 Å². The van der Waals surface area contributed by atoms with E-state index in [4.69, 9.17) is 16.3 Å². The van der Waals surface area contributed by atoms with Gasteiger partial charge >= 0.3 is 0 Å². The van der Waals surface area contributed by atoms with Crippen molar-refractivity contribution in [3.8, 4) is 5.75 Å². The van der Waals surface area contributed by atoms with Crippen molar-refractivity contribution in [3.05, 3.63) is 64.9 Å². The molecule has 0 atom stereocenters. The van der Waals surface area contributed by atoms with Gasteiger partial charge in [-0.05, 0) is 74.8 Å². The molecule has 0 N–H and O–H groups in total. The van der Waals surface area contributed by atoms with Gasteiger partial charge in [-0.25, -0.2) is 4.39 Å². The Morgan fingerprint density at radius 2 is 1.90 bits per heavy atom. The van der Waals surface area contributed by atoms with Gasteiger partial charge in [0.05, 0.1) is 0 Å². The minimum Gasteiger partial charge on any atom is -0.490 e. The smallest absolute Gasteiger partial charge is 0.162 e. The van der Waals surface area contributed by atoms with E-state index in [9.17, 15) is 9.18 Å². The Bertz CT molecular complexity index is 823. The summed E-state index contributed by atoms with van der Waals surface area (Å²) in [6.07, 6.45) is 3.60. The molecule has 1 aliphatic rings. The fraction of sp³-hybridized carbons (Fsp3) is 0.480. The molecular weight excluding hydrogens is 415 g/mol. The summed E-state index contributed by atoms with van der Waals surface area (Å²) in [6, 6.07) is 13.4. The van der Waals surface area contributed by atoms with Gasteiger partial charge in [0.15, 0.2) is 5.78 Å². The lowest BCUT2D eigenvalue weighted by atomic mass is 10.1. The van der Waals surface area contributed by atoms with Crippen LogP contribution in [0.4, 0.5) is 4.39 Å². The molecule has 1 fully saturated rings. The maximum absolute atomic E-state index is 13.0. The summed E-state index contributed by atoms with van der Waals surface area (Å²) in [5, 5.41) is 0.703. The topological polar surface area (TPSA) is 32.8 Å². The summed E-state index contributed by atoms with van der Waals surface area (Å²) < 4.78 is 19.1. The summed E-state index contributed by atoms with van der Waals surface area (Å²) in [6.45, 7) is 8.13. The summed E-state index contributed by atoms with van der Waals surface area (Å²) >= 11 is 6.04. The third kappa shape index (κ3) is 7.91. The van der Waals surface area contributed by atoms with Crippen molar-refractivity contribution in [2.75, 3.05) is 39.3 Å². The Morgan fingerprint density at radius 3 is 2.58 bits per heavy atom. The number of carbonyl (C=O) groups excluding carboxylic acids is 1. The van der Waals surface area contributed by atoms with Crippen molar-refractivity contribution >= 4 is 17.4 Å². The molecule has 0 spiro atoms. The first-order valence-corrected chi connectivity index (χ1v) is 11.6. The first-order chi connectivity index (χ1) is 15.0. The van der Waals surface area contributed by atoms with Crippen LogP contribution in [0.25, 0.3) is 0 Å². The normalized spacial score (nSPS) is 15.4. The molecule has 4 nitrogen and oxygen atoms in total. The van der Waals surface area contributed by atoms with Gasteiger partial charge in [0.2, 0.25) is 0 Å². The molecule has 3 rings (SSSR count). The van der Waals surface area contributed by atoms with Crippen LogP contribution < -0.4 is 4.74 Å². The van der Waals surface area contributed by atoms with Crippen LogP contribution in [0.5, 0.6) is 5.75 Å². The summed E-state index contributed by atoms with van der Waals surface area (Å²) in [4.78, 5) is 17.1. The lowest BCUT2D eigenvalue weighted by molar-refractivity contribution is 0.0921. The van der Waals surface area contributed by atoms with E-state index in [1.165, 1.54) is 12.1 Å². The first-order valence-electron chi connectivity index (χ1n) is 11.2. The predicted molar refractivity (Wildman–Crippen MR) is 124 cm³/mol. The molecule has 2 aromatic carbocycles. The second-order valence-electron chi connectivity index (χ2n) is 8.08. The molecule has 0 aromatic heterocycles. The molecular formula is C25H32ClFN2O2. The number of hydrogen-bond acceptors (Lipinski definition) is 4. The zero-order valence-electron chi connectivity index (χ0n) is 18.2. The van der Waals surface area contributed by atoms with E-state index >= 15 is 0 Å². The van der Waals surface area contributed by atoms with Gasteiger partial charge in [0.1, 0.15) is 17.7 Å². The molecule has 31 heavy (non-hydrogen) atoms. The molecule has 0 radical (unpaired) electrons. The van der Waals surface area contributed by atoms with Crippen molar-refractivity contribution in [1.29, 1.82) is 0 Å². The van der Waals surface area contributed by atoms with Crippen LogP contribution in [-0.2, 0) is 0 Å². The average molecular weight is 447 g/mol. The van der Waals surface area contributed by atoms with Gasteiger partial charge in [-0.3, -0.25) is 4.79 Å². The van der Waals surface area contributed by atoms with Crippen LogP contribution in [0.2, 0.25) is 5.02 Å². The van der Waals surface area contributed by atoms with E-state index in [0.717, 1.165) is 64.3 Å². The Kier molecular flexibility index (Phi) is 9.31. The highest BCUT2D eigenvalue weighted by Crippen LogP contribution is 2.22. The second kappa shape index (κ2) is 12.2. The van der Waals surface area contributed by atoms with E-state index in [-0.39, 0.29) is 17.7 Å². The Hall–Kier alpha value is -1.95. The lowest BCUT2D eigenvalue weighted by Crippen LogP contribution is -2.42. The van der Waals surface area contributed by atoms with E-state index in [1.807, 2.05) is 24.3 Å². The number of halogens is 2. The molecule has 1 saturated heterocycles. The van der Waals surface area contributed by atoms with Gasteiger partial charge in [-0.1, -0.05) is 24.6 Å². The highest BCUT2D eigenvalue weighted by Gasteiger charge is 2.21. The predicted octanol–water partition coefficient (Wildman–Crippen LogP) is 5.31. The minimum absolute atomic E-state index is 0.0813. The zero-order chi connectivity index (χ0) is 22.1. The molecule has 1 heterocycles. The summed E-state index contributed by atoms with van der Waals surface area (Å²) in [5.74, 6) is 0.616. The van der Waals surface area contributed by atoms with Crippen LogP contribution in [-0.4, -0.2) is 61.0 Å². The first kappa shape index (κ1) is 23.7. The van der Waals surface area contributed by atoms with Gasteiger partial charge in [0, 0.05) is 43.2 Å². The number of likely N-dealkylation sites (N-methyl/N-ethyl adjacent to an activating group) is 1. The average Bonchev–Trinajstić information content (AvgIpc) is 2.77. The van der Waals surface area contributed by atoms with E-state index < -0.39 is 0 Å². The highest BCUT2D eigenvalue weighted by molar-refractivity contribution is 6.30. The number of nitrogens with zero attached hydrogens (tertiary/aromatic N) is 2. The van der Waals surface area contributed by atoms with E-state index in [2.05, 4.69) is 16.7 Å². The highest BCUT2D eigenvalue weighted by atomic mass is 35.5. The van der Waals surface area contributed by atoms with Crippen LogP contribution in [0.3, 0.4) is 0 Å². The summed E-state index contributed by atoms with van der Waals surface area (Å²) in [5.41, 5.74) is 0.590. The van der Waals surface area contributed by atoms with Crippen molar-refractivity contribution < 1.29 is 13.9 Å². The molecule has 0 aliphatic carbocycles. The number of ketones is 1. The molecule has 168 valence electrons. The number of benzene rings is 2.